The third kappa shape index (κ3) is 5.63. The molecule has 1 heterocycles. The van der Waals surface area contributed by atoms with Gasteiger partial charge in [-0.1, -0.05) is 0 Å². The van der Waals surface area contributed by atoms with E-state index in [0.717, 1.165) is 18.5 Å². The largest absolute Gasteiger partial charge is 0.573 e. The fraction of sp³-hybridized carbons (Fsp3) is 0.0526. The van der Waals surface area contributed by atoms with E-state index < -0.39 is 29.9 Å². The first-order valence-electron chi connectivity index (χ1n) is 8.58. The summed E-state index contributed by atoms with van der Waals surface area (Å²) in [5.41, 5.74) is -0.194. The molecule has 13 heteroatoms. The van der Waals surface area contributed by atoms with Crippen LogP contribution >= 0.6 is 15.9 Å². The summed E-state index contributed by atoms with van der Waals surface area (Å²) in [5.74, 6) is -3.36. The van der Waals surface area contributed by atoms with Crippen LogP contribution in [0.2, 0.25) is 0 Å². The van der Waals surface area contributed by atoms with Gasteiger partial charge in [0.2, 0.25) is 0 Å². The summed E-state index contributed by atoms with van der Waals surface area (Å²) in [6.45, 7) is 0. The molecule has 0 aliphatic rings. The smallest absolute Gasteiger partial charge is 0.477 e. The minimum absolute atomic E-state index is 0.0936. The lowest BCUT2D eigenvalue weighted by Crippen LogP contribution is -2.18. The fourth-order valence-corrected chi connectivity index (χ4v) is 2.96. The Morgan fingerprint density at radius 2 is 1.59 bits per heavy atom. The van der Waals surface area contributed by atoms with Gasteiger partial charge in [0, 0.05) is 15.8 Å². The maximum atomic E-state index is 12.5. The van der Waals surface area contributed by atoms with Crippen molar-refractivity contribution in [2.24, 2.45) is 0 Å². The number of anilines is 2. The molecule has 0 bridgehead atoms. The summed E-state index contributed by atoms with van der Waals surface area (Å²) < 4.78 is 41.3. The molecule has 2 aromatic carbocycles. The number of carbonyl (C=O) groups is 3. The Labute approximate surface area is 185 Å². The number of halogens is 4. The van der Waals surface area contributed by atoms with E-state index in [1.165, 1.54) is 30.3 Å². The summed E-state index contributed by atoms with van der Waals surface area (Å²) in [5, 5.41) is 14.0. The highest BCUT2D eigenvalue weighted by Crippen LogP contribution is 2.28. The van der Waals surface area contributed by atoms with Gasteiger partial charge in [-0.15, -0.1) is 13.2 Å². The molecule has 3 rings (SSSR count). The number of hydrogen-bond acceptors (Lipinski definition) is 5. The number of nitrogens with zero attached hydrogens (tertiary/aromatic N) is 1. The number of ether oxygens (including phenoxy) is 1. The van der Waals surface area contributed by atoms with Gasteiger partial charge in [0.1, 0.15) is 5.75 Å². The Balaban J connectivity index is 1.69. The lowest BCUT2D eigenvalue weighted by atomic mass is 10.2. The van der Waals surface area contributed by atoms with Crippen LogP contribution in [-0.2, 0) is 0 Å². The maximum absolute atomic E-state index is 12.5. The summed E-state index contributed by atoms with van der Waals surface area (Å²) in [4.78, 5) is 41.7. The number of carbonyl (C=O) groups excluding carboxylic acids is 2. The Hall–Kier alpha value is -3.87. The average Bonchev–Trinajstić information content (AvgIpc) is 3.20. The molecule has 166 valence electrons. The number of alkyl halides is 3. The lowest BCUT2D eigenvalue weighted by Gasteiger charge is -2.12. The van der Waals surface area contributed by atoms with Gasteiger partial charge in [-0.2, -0.15) is 0 Å². The van der Waals surface area contributed by atoms with Crippen LogP contribution in [0.1, 0.15) is 31.3 Å². The minimum Gasteiger partial charge on any atom is -0.477 e. The first-order chi connectivity index (χ1) is 15.0. The molecule has 0 spiro atoms. The topological polar surface area (TPSA) is 133 Å². The number of benzene rings is 2. The molecule has 32 heavy (non-hydrogen) atoms. The molecule has 0 radical (unpaired) electrons. The Morgan fingerprint density at radius 3 is 2.16 bits per heavy atom. The van der Waals surface area contributed by atoms with Crippen molar-refractivity contribution in [3.05, 3.63) is 70.2 Å². The number of aromatic amines is 1. The summed E-state index contributed by atoms with van der Waals surface area (Å²) in [6.07, 6.45) is -3.83. The van der Waals surface area contributed by atoms with Crippen LogP contribution in [0, 0.1) is 0 Å². The van der Waals surface area contributed by atoms with Crippen molar-refractivity contribution in [1.82, 2.24) is 9.97 Å². The first kappa shape index (κ1) is 22.8. The molecule has 1 aromatic heterocycles. The SMILES string of the molecule is O=C(Nc1ccc(NC(=O)c2nc[nH]c2C(=O)O)cc1)c1cc(OC(F)(F)F)ccc1Br. The van der Waals surface area contributed by atoms with Crippen molar-refractivity contribution in [3.63, 3.8) is 0 Å². The van der Waals surface area contributed by atoms with E-state index in [0.29, 0.717) is 0 Å². The van der Waals surface area contributed by atoms with Gasteiger partial charge in [-0.25, -0.2) is 9.78 Å². The van der Waals surface area contributed by atoms with Crippen LogP contribution in [0.15, 0.2) is 53.3 Å². The molecule has 0 aliphatic heterocycles. The monoisotopic (exact) mass is 512 g/mol. The van der Waals surface area contributed by atoms with Crippen LogP contribution in [0.3, 0.4) is 0 Å². The summed E-state index contributed by atoms with van der Waals surface area (Å²) in [6, 6.07) is 8.96. The Morgan fingerprint density at radius 1 is 1.00 bits per heavy atom. The van der Waals surface area contributed by atoms with Gasteiger partial charge >= 0.3 is 12.3 Å². The number of nitrogens with one attached hydrogen (secondary N) is 3. The standard InChI is InChI=1S/C19H12BrF3N4O5/c20-13-6-5-11(32-19(21,22)23)7-12(13)16(28)26-9-1-3-10(4-2-9)27-17(29)14-15(18(30)31)25-8-24-14/h1-8H,(H,24,25)(H,26,28)(H,27,29)(H,30,31). The molecular formula is C19H12BrF3N4O5. The van der Waals surface area contributed by atoms with Crippen molar-refractivity contribution in [1.29, 1.82) is 0 Å². The highest BCUT2D eigenvalue weighted by Gasteiger charge is 2.31. The van der Waals surface area contributed by atoms with E-state index in [9.17, 15) is 27.6 Å². The molecule has 3 aromatic rings. The number of rotatable bonds is 6. The quantitative estimate of drug-likeness (QED) is 0.389. The van der Waals surface area contributed by atoms with E-state index in [4.69, 9.17) is 5.11 Å². The average molecular weight is 513 g/mol. The molecule has 0 atom stereocenters. The van der Waals surface area contributed by atoms with Crippen molar-refractivity contribution in [2.75, 3.05) is 10.6 Å². The highest BCUT2D eigenvalue weighted by atomic mass is 79.9. The Bertz CT molecular complexity index is 1180. The number of hydrogen-bond donors (Lipinski definition) is 4. The number of aromatic carboxylic acids is 1. The van der Waals surface area contributed by atoms with E-state index in [1.807, 2.05) is 0 Å². The van der Waals surface area contributed by atoms with Gasteiger partial charge in [-0.3, -0.25) is 9.59 Å². The maximum Gasteiger partial charge on any atom is 0.573 e. The first-order valence-corrected chi connectivity index (χ1v) is 9.37. The number of aromatic nitrogens is 2. The van der Waals surface area contributed by atoms with Crippen LogP contribution in [0.5, 0.6) is 5.75 Å². The summed E-state index contributed by atoms with van der Waals surface area (Å²) >= 11 is 3.10. The van der Waals surface area contributed by atoms with Crippen molar-refractivity contribution in [2.45, 2.75) is 6.36 Å². The normalized spacial score (nSPS) is 11.0. The zero-order valence-electron chi connectivity index (χ0n) is 15.7. The second-order valence-electron chi connectivity index (χ2n) is 6.11. The van der Waals surface area contributed by atoms with Gasteiger partial charge in [0.05, 0.1) is 11.9 Å². The van der Waals surface area contributed by atoms with Crippen molar-refractivity contribution >= 4 is 45.1 Å². The van der Waals surface area contributed by atoms with E-state index in [-0.39, 0.29) is 32.8 Å². The molecule has 2 amide bonds. The fourth-order valence-electron chi connectivity index (χ4n) is 2.53. The number of imidazole rings is 1. The molecule has 9 nitrogen and oxygen atoms in total. The van der Waals surface area contributed by atoms with Gasteiger partial charge < -0.3 is 25.5 Å². The number of carboxylic acids is 1. The Kier molecular flexibility index (Phi) is 6.48. The number of H-pyrrole nitrogens is 1. The zero-order valence-corrected chi connectivity index (χ0v) is 17.2. The molecular weight excluding hydrogens is 501 g/mol. The van der Waals surface area contributed by atoms with Gasteiger partial charge in [0.25, 0.3) is 11.8 Å². The van der Waals surface area contributed by atoms with E-state index >= 15 is 0 Å². The second-order valence-corrected chi connectivity index (χ2v) is 6.96. The second kappa shape index (κ2) is 9.09. The molecule has 0 aliphatic carbocycles. The van der Waals surface area contributed by atoms with E-state index in [2.05, 4.69) is 41.3 Å². The zero-order chi connectivity index (χ0) is 23.5. The predicted molar refractivity (Wildman–Crippen MR) is 109 cm³/mol. The van der Waals surface area contributed by atoms with Crippen LogP contribution in [-0.4, -0.2) is 39.2 Å². The van der Waals surface area contributed by atoms with Crippen LogP contribution < -0.4 is 15.4 Å². The van der Waals surface area contributed by atoms with Gasteiger partial charge in [-0.05, 0) is 58.4 Å². The van der Waals surface area contributed by atoms with Crippen molar-refractivity contribution < 1.29 is 37.4 Å². The van der Waals surface area contributed by atoms with E-state index in [1.54, 1.807) is 0 Å². The number of carboxylic acid groups (broad SMARTS) is 1. The van der Waals surface area contributed by atoms with Crippen molar-refractivity contribution in [3.8, 4) is 5.75 Å². The lowest BCUT2D eigenvalue weighted by molar-refractivity contribution is -0.274. The number of amides is 2. The van der Waals surface area contributed by atoms with Crippen LogP contribution in [0.25, 0.3) is 0 Å². The highest BCUT2D eigenvalue weighted by molar-refractivity contribution is 9.10. The minimum atomic E-state index is -4.90. The molecule has 0 saturated carbocycles. The predicted octanol–water partition coefficient (Wildman–Crippen LogP) is 4.27. The molecule has 4 N–H and O–H groups in total. The van der Waals surface area contributed by atoms with Gasteiger partial charge in [0.15, 0.2) is 11.4 Å². The van der Waals surface area contributed by atoms with Crippen LogP contribution in [0.4, 0.5) is 24.5 Å². The molecule has 0 fully saturated rings. The molecule has 0 saturated heterocycles. The molecule has 0 unspecified atom stereocenters. The third-order valence-electron chi connectivity index (χ3n) is 3.88. The summed E-state index contributed by atoms with van der Waals surface area (Å²) in [7, 11) is 0. The third-order valence-corrected chi connectivity index (χ3v) is 4.58.